The summed E-state index contributed by atoms with van der Waals surface area (Å²) >= 11 is 0. The molecule has 0 spiro atoms. The van der Waals surface area contributed by atoms with Gasteiger partial charge in [0.25, 0.3) is 0 Å². The zero-order chi connectivity index (χ0) is 15.5. The van der Waals surface area contributed by atoms with E-state index in [0.29, 0.717) is 11.2 Å². The SMILES string of the molecule is Nc1ncnc2c1ncn2[C@@H]1O[C@@H]2COP(=O)(O)N[C@H]2[C@H]1O.[Na]. The van der Waals surface area contributed by atoms with Crippen LogP contribution in [0.4, 0.5) is 5.82 Å². The molecule has 2 aliphatic rings. The van der Waals surface area contributed by atoms with Crippen LogP contribution >= 0.6 is 7.75 Å². The number of imidazole rings is 1. The fraction of sp³-hybridized carbons (Fsp3) is 0.500. The molecule has 2 aromatic rings. The van der Waals surface area contributed by atoms with E-state index < -0.39 is 32.2 Å². The van der Waals surface area contributed by atoms with Gasteiger partial charge in [0.05, 0.1) is 19.0 Å². The Morgan fingerprint density at radius 1 is 1.43 bits per heavy atom. The van der Waals surface area contributed by atoms with Crippen LogP contribution in [-0.4, -0.2) is 83.9 Å². The van der Waals surface area contributed by atoms with E-state index in [1.807, 2.05) is 0 Å². The molecule has 2 aromatic heterocycles. The Balaban J connectivity index is 0.00000156. The number of nitrogens with two attached hydrogens (primary N) is 1. The number of anilines is 1. The second-order valence-electron chi connectivity index (χ2n) is 5.11. The summed E-state index contributed by atoms with van der Waals surface area (Å²) in [5, 5.41) is 12.8. The molecule has 0 bridgehead atoms. The van der Waals surface area contributed by atoms with E-state index in [1.165, 1.54) is 17.2 Å². The van der Waals surface area contributed by atoms with Crippen molar-refractivity contribution in [1.29, 1.82) is 0 Å². The summed E-state index contributed by atoms with van der Waals surface area (Å²) in [5.41, 5.74) is 6.52. The summed E-state index contributed by atoms with van der Waals surface area (Å²) in [6.07, 6.45) is 0.241. The van der Waals surface area contributed by atoms with Crippen molar-refractivity contribution in [3.63, 3.8) is 0 Å². The number of aromatic nitrogens is 4. The molecule has 5 atom stereocenters. The van der Waals surface area contributed by atoms with E-state index in [-0.39, 0.29) is 42.0 Å². The molecule has 11 nitrogen and oxygen atoms in total. The Morgan fingerprint density at radius 2 is 2.22 bits per heavy atom. The van der Waals surface area contributed by atoms with Gasteiger partial charge in [0, 0.05) is 29.6 Å². The molecule has 2 aliphatic heterocycles. The zero-order valence-electron chi connectivity index (χ0n) is 12.1. The maximum absolute atomic E-state index is 11.6. The summed E-state index contributed by atoms with van der Waals surface area (Å²) in [5.74, 6) is 0.218. The minimum Gasteiger partial charge on any atom is -0.387 e. The first-order valence-corrected chi connectivity index (χ1v) is 8.06. The standard InChI is InChI=1S/C10H13N6O5P.Na/c11-8-6-9(13-2-12-8)16(3-14-6)10-7(17)5-4(21-10)1-20-22(18,19)15-5;/h2-5,7,10,17H,1H2,(H2,11,12,13)(H2,15,18,19);/t4-,5-,7-,10-;/m1./s1. The van der Waals surface area contributed by atoms with E-state index in [9.17, 15) is 14.6 Å². The summed E-state index contributed by atoms with van der Waals surface area (Å²) < 4.78 is 23.6. The molecular formula is C10H13N6NaO5P. The van der Waals surface area contributed by atoms with Crippen LogP contribution in [0.1, 0.15) is 6.23 Å². The van der Waals surface area contributed by atoms with Crippen molar-refractivity contribution in [2.75, 3.05) is 12.3 Å². The van der Waals surface area contributed by atoms with Crippen molar-refractivity contribution in [3.05, 3.63) is 12.7 Å². The molecule has 119 valence electrons. The van der Waals surface area contributed by atoms with Crippen LogP contribution in [-0.2, 0) is 13.8 Å². The predicted octanol–water partition coefficient (Wildman–Crippen LogP) is -1.63. The molecule has 4 heterocycles. The van der Waals surface area contributed by atoms with Gasteiger partial charge in [-0.2, -0.15) is 0 Å². The van der Waals surface area contributed by atoms with Gasteiger partial charge in [-0.25, -0.2) is 24.6 Å². The van der Waals surface area contributed by atoms with E-state index in [0.717, 1.165) is 0 Å². The normalized spacial score (nSPS) is 36.6. The van der Waals surface area contributed by atoms with Gasteiger partial charge in [0.15, 0.2) is 17.7 Å². The van der Waals surface area contributed by atoms with Gasteiger partial charge < -0.3 is 20.5 Å². The van der Waals surface area contributed by atoms with Crippen LogP contribution in [0, 0.1) is 0 Å². The third-order valence-electron chi connectivity index (χ3n) is 3.76. The predicted molar refractivity (Wildman–Crippen MR) is 78.1 cm³/mol. The minimum atomic E-state index is -3.91. The van der Waals surface area contributed by atoms with Crippen LogP contribution in [0.5, 0.6) is 0 Å². The van der Waals surface area contributed by atoms with Gasteiger partial charge in [0.1, 0.15) is 24.1 Å². The van der Waals surface area contributed by atoms with Crippen LogP contribution < -0.4 is 10.8 Å². The largest absolute Gasteiger partial charge is 0.403 e. The summed E-state index contributed by atoms with van der Waals surface area (Å²) in [6, 6.07) is -0.730. The second kappa shape index (κ2) is 6.03. The minimum absolute atomic E-state index is 0. The van der Waals surface area contributed by atoms with Crippen molar-refractivity contribution < 1.29 is 23.8 Å². The first-order chi connectivity index (χ1) is 10.5. The number of nitrogen functional groups attached to an aromatic ring is 1. The number of fused-ring (bicyclic) bond motifs is 2. The van der Waals surface area contributed by atoms with Gasteiger partial charge >= 0.3 is 7.75 Å². The van der Waals surface area contributed by atoms with Gasteiger partial charge in [-0.15, -0.1) is 0 Å². The van der Waals surface area contributed by atoms with Crippen molar-refractivity contribution in [3.8, 4) is 0 Å². The number of hydrogen-bond acceptors (Lipinski definition) is 8. The fourth-order valence-corrected chi connectivity index (χ4v) is 3.85. The number of hydrogen-bond donors (Lipinski definition) is 4. The molecule has 0 aliphatic carbocycles. The molecule has 0 aromatic carbocycles. The Bertz CT molecular complexity index is 788. The molecule has 2 fully saturated rings. The summed E-state index contributed by atoms with van der Waals surface area (Å²) in [4.78, 5) is 21.5. The van der Waals surface area contributed by atoms with Crippen molar-refractivity contribution in [1.82, 2.24) is 24.6 Å². The topological polar surface area (TPSA) is 158 Å². The molecule has 13 heteroatoms. The van der Waals surface area contributed by atoms with E-state index in [4.69, 9.17) is 15.0 Å². The van der Waals surface area contributed by atoms with E-state index >= 15 is 0 Å². The van der Waals surface area contributed by atoms with Crippen molar-refractivity contribution >= 4 is 54.3 Å². The zero-order valence-corrected chi connectivity index (χ0v) is 15.0. The number of nitrogens with zero attached hydrogens (tertiary/aromatic N) is 4. The first kappa shape index (κ1) is 17.2. The number of aliphatic hydroxyl groups excluding tert-OH is 1. The van der Waals surface area contributed by atoms with Crippen molar-refractivity contribution in [2.24, 2.45) is 0 Å². The molecule has 0 amide bonds. The third-order valence-corrected chi connectivity index (χ3v) is 4.89. The molecule has 1 unspecified atom stereocenters. The molecule has 4 rings (SSSR count). The Morgan fingerprint density at radius 3 is 3.00 bits per heavy atom. The molecular weight excluding hydrogens is 338 g/mol. The smallest absolute Gasteiger partial charge is 0.387 e. The number of aliphatic hydroxyl groups is 1. The molecule has 1 radical (unpaired) electrons. The average molecular weight is 351 g/mol. The number of rotatable bonds is 1. The van der Waals surface area contributed by atoms with Gasteiger partial charge in [-0.05, 0) is 0 Å². The maximum atomic E-state index is 11.6. The van der Waals surface area contributed by atoms with Crippen LogP contribution in [0.25, 0.3) is 11.2 Å². The number of nitrogens with one attached hydrogen (secondary N) is 1. The Kier molecular flexibility index (Phi) is 4.51. The average Bonchev–Trinajstić information content (AvgIpc) is 3.01. The summed E-state index contributed by atoms with van der Waals surface area (Å²) in [7, 11) is -3.91. The van der Waals surface area contributed by atoms with Crippen molar-refractivity contribution in [2.45, 2.75) is 24.5 Å². The van der Waals surface area contributed by atoms with Gasteiger partial charge in [-0.1, -0.05) is 0 Å². The molecule has 0 saturated carbocycles. The summed E-state index contributed by atoms with van der Waals surface area (Å²) in [6.45, 7) is -0.0945. The fourth-order valence-electron chi connectivity index (χ4n) is 2.73. The Hall–Kier alpha value is -0.620. The van der Waals surface area contributed by atoms with E-state index in [2.05, 4.69) is 20.0 Å². The number of ether oxygens (including phenoxy) is 1. The monoisotopic (exact) mass is 351 g/mol. The van der Waals surface area contributed by atoms with Gasteiger partial charge in [-0.3, -0.25) is 9.09 Å². The van der Waals surface area contributed by atoms with E-state index in [1.54, 1.807) is 0 Å². The maximum Gasteiger partial charge on any atom is 0.403 e. The van der Waals surface area contributed by atoms with Crippen LogP contribution in [0.15, 0.2) is 12.7 Å². The third kappa shape index (κ3) is 2.82. The van der Waals surface area contributed by atoms with Gasteiger partial charge in [0.2, 0.25) is 0 Å². The molecule has 5 N–H and O–H groups in total. The quantitative estimate of drug-likeness (QED) is 0.347. The Labute approximate surface area is 152 Å². The molecule has 2 saturated heterocycles. The van der Waals surface area contributed by atoms with Crippen LogP contribution in [0.2, 0.25) is 0 Å². The molecule has 23 heavy (non-hydrogen) atoms. The second-order valence-corrected chi connectivity index (χ2v) is 6.67. The first-order valence-electron chi connectivity index (χ1n) is 6.48. The van der Waals surface area contributed by atoms with Crippen LogP contribution in [0.3, 0.4) is 0 Å².